The first-order valence-corrected chi connectivity index (χ1v) is 6.67. The third-order valence-electron chi connectivity index (χ3n) is 2.81. The van der Waals surface area contributed by atoms with Crippen LogP contribution in [-0.4, -0.2) is 10.8 Å². The third kappa shape index (κ3) is 3.00. The summed E-state index contributed by atoms with van der Waals surface area (Å²) in [5, 5.41) is 17.0. The van der Waals surface area contributed by atoms with E-state index in [1.54, 1.807) is 0 Å². The van der Waals surface area contributed by atoms with Crippen molar-refractivity contribution in [3.05, 3.63) is 61.6 Å². The first kappa shape index (κ1) is 14.1. The largest absolute Gasteiger partial charge is 0.348 e. The number of hydrogen-bond acceptors (Lipinski definition) is 4. The quantitative estimate of drug-likeness (QED) is 0.696. The lowest BCUT2D eigenvalue weighted by molar-refractivity contribution is -0.387. The molecule has 0 saturated carbocycles. The van der Waals surface area contributed by atoms with Gasteiger partial charge >= 0.3 is 5.69 Å². The van der Waals surface area contributed by atoms with Crippen molar-refractivity contribution in [3.8, 4) is 0 Å². The zero-order valence-electron chi connectivity index (χ0n) is 10.6. The highest BCUT2D eigenvalue weighted by Gasteiger charge is 2.16. The number of hydrogen-bond donors (Lipinski definition) is 1. The van der Waals surface area contributed by atoms with Crippen LogP contribution in [0.3, 0.4) is 0 Å². The molecule has 1 heterocycles. The Morgan fingerprint density at radius 1 is 1.45 bits per heavy atom. The van der Waals surface area contributed by atoms with E-state index in [0.29, 0.717) is 6.54 Å². The average molecular weight is 294 g/mol. The molecule has 0 aliphatic heterocycles. The summed E-state index contributed by atoms with van der Waals surface area (Å²) in [5.41, 5.74) is 1.48. The minimum Gasteiger partial charge on any atom is -0.348 e. The van der Waals surface area contributed by atoms with Gasteiger partial charge in [-0.1, -0.05) is 0 Å². The molecular weight excluding hydrogens is 283 g/mol. The number of aryl methyl sites for hydroxylation is 1. The number of nitro benzene ring substituents is 1. The van der Waals surface area contributed by atoms with Gasteiger partial charge in [-0.2, -0.15) is 15.7 Å². The molecule has 0 radical (unpaired) electrons. The van der Waals surface area contributed by atoms with Crippen LogP contribution in [0.25, 0.3) is 0 Å². The van der Waals surface area contributed by atoms with Gasteiger partial charge in [0.25, 0.3) is 5.91 Å². The number of nitro groups is 1. The lowest BCUT2D eigenvalue weighted by Gasteiger charge is -2.05. The Balaban J connectivity index is 2.08. The van der Waals surface area contributed by atoms with Crippen molar-refractivity contribution >= 4 is 22.9 Å². The summed E-state index contributed by atoms with van der Waals surface area (Å²) in [4.78, 5) is 21.5. The fourth-order valence-electron chi connectivity index (χ4n) is 1.64. The summed E-state index contributed by atoms with van der Waals surface area (Å²) >= 11 is 1.54. The second-order valence-electron chi connectivity index (χ2n) is 4.19. The van der Waals surface area contributed by atoms with Crippen LogP contribution >= 0.6 is 11.3 Å². The van der Waals surface area contributed by atoms with Gasteiger partial charge < -0.3 is 5.32 Å². The van der Waals surface area contributed by atoms with Crippen LogP contribution in [-0.2, 0) is 6.54 Å². The van der Waals surface area contributed by atoms with E-state index in [2.05, 4.69) is 5.32 Å². The average Bonchev–Trinajstić information content (AvgIpc) is 2.81. The minimum absolute atomic E-state index is 0.0565. The van der Waals surface area contributed by atoms with E-state index < -0.39 is 22.3 Å². The predicted octanol–water partition coefficient (Wildman–Crippen LogP) is 3.03. The number of benzene rings is 1. The maximum atomic E-state index is 13.4. The van der Waals surface area contributed by atoms with E-state index in [0.717, 1.165) is 23.3 Å². The van der Waals surface area contributed by atoms with Crippen LogP contribution < -0.4 is 5.32 Å². The van der Waals surface area contributed by atoms with Crippen molar-refractivity contribution in [1.29, 1.82) is 0 Å². The van der Waals surface area contributed by atoms with Crippen molar-refractivity contribution < 1.29 is 14.1 Å². The van der Waals surface area contributed by atoms with Crippen LogP contribution in [0, 0.1) is 22.9 Å². The number of nitrogens with zero attached hydrogens (tertiary/aromatic N) is 1. The molecule has 2 rings (SSSR count). The molecule has 0 atom stereocenters. The first-order chi connectivity index (χ1) is 9.49. The summed E-state index contributed by atoms with van der Waals surface area (Å²) in [6, 6.07) is 3.09. The summed E-state index contributed by atoms with van der Waals surface area (Å²) in [6.45, 7) is 2.27. The zero-order valence-corrected chi connectivity index (χ0v) is 11.4. The van der Waals surface area contributed by atoms with Gasteiger partial charge in [-0.3, -0.25) is 14.9 Å². The molecule has 104 valence electrons. The third-order valence-corrected chi connectivity index (χ3v) is 3.72. The number of thiophene rings is 1. The Hall–Kier alpha value is -2.28. The molecule has 1 aromatic heterocycles. The monoisotopic (exact) mass is 294 g/mol. The first-order valence-electron chi connectivity index (χ1n) is 5.73. The number of halogens is 1. The Kier molecular flexibility index (Phi) is 4.09. The minimum atomic E-state index is -1.02. The van der Waals surface area contributed by atoms with E-state index in [4.69, 9.17) is 0 Å². The van der Waals surface area contributed by atoms with Gasteiger partial charge in [-0.25, -0.2) is 0 Å². The van der Waals surface area contributed by atoms with E-state index in [1.165, 1.54) is 17.4 Å². The van der Waals surface area contributed by atoms with Gasteiger partial charge in [-0.05, 0) is 40.9 Å². The van der Waals surface area contributed by atoms with E-state index in [-0.39, 0.29) is 5.56 Å². The Morgan fingerprint density at radius 2 is 2.20 bits per heavy atom. The topological polar surface area (TPSA) is 72.2 Å². The van der Waals surface area contributed by atoms with E-state index in [9.17, 15) is 19.3 Å². The number of nitrogens with one attached hydrogen (secondary N) is 1. The molecule has 0 aliphatic carbocycles. The summed E-state index contributed by atoms with van der Waals surface area (Å²) in [7, 11) is 0. The van der Waals surface area contributed by atoms with Crippen LogP contribution in [0.5, 0.6) is 0 Å². The second-order valence-corrected chi connectivity index (χ2v) is 4.93. The van der Waals surface area contributed by atoms with Crippen LogP contribution in [0.4, 0.5) is 10.1 Å². The SMILES string of the molecule is Cc1cscc1CNC(=O)c1ccc([N+](=O)[O-])c(F)c1. The van der Waals surface area contributed by atoms with Crippen LogP contribution in [0.2, 0.25) is 0 Å². The molecule has 0 spiro atoms. The van der Waals surface area contributed by atoms with Crippen molar-refractivity contribution in [2.45, 2.75) is 13.5 Å². The van der Waals surface area contributed by atoms with Gasteiger partial charge in [0.15, 0.2) is 0 Å². The highest BCUT2D eigenvalue weighted by molar-refractivity contribution is 7.08. The Bertz CT molecular complexity index is 669. The summed E-state index contributed by atoms with van der Waals surface area (Å²) < 4.78 is 13.4. The van der Waals surface area contributed by atoms with Crippen molar-refractivity contribution in [2.75, 3.05) is 0 Å². The Labute approximate surface area is 118 Å². The van der Waals surface area contributed by atoms with Gasteiger partial charge in [0.1, 0.15) is 0 Å². The predicted molar refractivity (Wildman–Crippen MR) is 73.3 cm³/mol. The molecule has 0 saturated heterocycles. The van der Waals surface area contributed by atoms with E-state index in [1.807, 2.05) is 17.7 Å². The lowest BCUT2D eigenvalue weighted by atomic mass is 10.1. The van der Waals surface area contributed by atoms with Crippen LogP contribution in [0.1, 0.15) is 21.5 Å². The molecule has 20 heavy (non-hydrogen) atoms. The smallest absolute Gasteiger partial charge is 0.304 e. The standard InChI is InChI=1S/C13H11FN2O3S/c1-8-6-20-7-10(8)5-15-13(17)9-2-3-12(16(18)19)11(14)4-9/h2-4,6-7H,5H2,1H3,(H,15,17). The number of carbonyl (C=O) groups is 1. The molecule has 1 N–H and O–H groups in total. The number of rotatable bonds is 4. The molecule has 1 aromatic carbocycles. The molecule has 7 heteroatoms. The normalized spacial score (nSPS) is 10.3. The lowest BCUT2D eigenvalue weighted by Crippen LogP contribution is -2.23. The van der Waals surface area contributed by atoms with Crippen molar-refractivity contribution in [1.82, 2.24) is 5.32 Å². The molecule has 2 aromatic rings. The molecule has 0 aliphatic rings. The van der Waals surface area contributed by atoms with Gasteiger partial charge in [0.2, 0.25) is 5.82 Å². The second kappa shape index (κ2) is 5.79. The molecule has 0 unspecified atom stereocenters. The zero-order chi connectivity index (χ0) is 14.7. The maximum Gasteiger partial charge on any atom is 0.304 e. The Morgan fingerprint density at radius 3 is 2.75 bits per heavy atom. The molecular formula is C13H11FN2O3S. The summed E-state index contributed by atoms with van der Waals surface area (Å²) in [6.07, 6.45) is 0. The number of amides is 1. The molecule has 1 amide bonds. The van der Waals surface area contributed by atoms with Gasteiger partial charge in [0.05, 0.1) is 4.92 Å². The molecule has 5 nitrogen and oxygen atoms in total. The molecule has 0 bridgehead atoms. The highest BCUT2D eigenvalue weighted by Crippen LogP contribution is 2.18. The van der Waals surface area contributed by atoms with Crippen molar-refractivity contribution in [2.24, 2.45) is 0 Å². The fraction of sp³-hybridized carbons (Fsp3) is 0.154. The summed E-state index contributed by atoms with van der Waals surface area (Å²) in [5.74, 6) is -1.49. The van der Waals surface area contributed by atoms with Gasteiger partial charge in [-0.15, -0.1) is 0 Å². The molecule has 0 fully saturated rings. The number of carbonyl (C=O) groups excluding carboxylic acids is 1. The van der Waals surface area contributed by atoms with Crippen LogP contribution in [0.15, 0.2) is 29.0 Å². The maximum absolute atomic E-state index is 13.4. The fourth-order valence-corrected chi connectivity index (χ4v) is 2.50. The van der Waals surface area contributed by atoms with E-state index >= 15 is 0 Å². The van der Waals surface area contributed by atoms with Crippen molar-refractivity contribution in [3.63, 3.8) is 0 Å². The van der Waals surface area contributed by atoms with Gasteiger partial charge in [0, 0.05) is 18.2 Å². The highest BCUT2D eigenvalue weighted by atomic mass is 32.1.